The lowest BCUT2D eigenvalue weighted by molar-refractivity contribution is 0.0995. The van der Waals surface area contributed by atoms with E-state index in [9.17, 15) is 4.79 Å². The fourth-order valence-electron chi connectivity index (χ4n) is 4.43. The van der Waals surface area contributed by atoms with Gasteiger partial charge in [0, 0.05) is 17.6 Å². The maximum absolute atomic E-state index is 12.7. The summed E-state index contributed by atoms with van der Waals surface area (Å²) in [6.45, 7) is 1.94. The second-order valence-electron chi connectivity index (χ2n) is 7.58. The lowest BCUT2D eigenvalue weighted by atomic mass is 9.89. The van der Waals surface area contributed by atoms with Crippen molar-refractivity contribution in [1.82, 2.24) is 4.90 Å². The lowest BCUT2D eigenvalue weighted by Gasteiger charge is -2.42. The molecule has 0 bridgehead atoms. The van der Waals surface area contributed by atoms with Crippen molar-refractivity contribution in [3.8, 4) is 0 Å². The van der Waals surface area contributed by atoms with E-state index in [0.717, 1.165) is 5.56 Å². The smallest absolute Gasteiger partial charge is 0.280 e. The molecular formula is C21H31N3O. The summed E-state index contributed by atoms with van der Waals surface area (Å²) in [6.07, 6.45) is 12.3. The van der Waals surface area contributed by atoms with Gasteiger partial charge >= 0.3 is 0 Å². The van der Waals surface area contributed by atoms with Crippen molar-refractivity contribution >= 4 is 11.9 Å². The molecule has 2 aliphatic rings. The highest BCUT2D eigenvalue weighted by atomic mass is 16.1. The summed E-state index contributed by atoms with van der Waals surface area (Å²) in [5.74, 6) is 0.222. The number of hydrogen-bond acceptors (Lipinski definition) is 1. The van der Waals surface area contributed by atoms with Gasteiger partial charge in [0.2, 0.25) is 0 Å². The van der Waals surface area contributed by atoms with Gasteiger partial charge in [0.15, 0.2) is 5.96 Å². The number of hydrogen-bond donors (Lipinski definition) is 1. The van der Waals surface area contributed by atoms with Crippen molar-refractivity contribution in [3.05, 3.63) is 35.4 Å². The molecule has 0 spiro atoms. The Morgan fingerprint density at radius 1 is 0.960 bits per heavy atom. The molecule has 0 heterocycles. The number of nitrogens with two attached hydrogens (primary N) is 1. The van der Waals surface area contributed by atoms with Crippen LogP contribution in [0.1, 0.15) is 80.1 Å². The highest BCUT2D eigenvalue weighted by Gasteiger charge is 2.30. The summed E-state index contributed by atoms with van der Waals surface area (Å²) in [4.78, 5) is 19.3. The molecule has 3 rings (SSSR count). The van der Waals surface area contributed by atoms with E-state index in [-0.39, 0.29) is 5.91 Å². The third kappa shape index (κ3) is 4.42. The quantitative estimate of drug-likeness (QED) is 0.654. The largest absolute Gasteiger partial charge is 0.369 e. The Kier molecular flexibility index (Phi) is 6.11. The minimum atomic E-state index is -0.216. The van der Waals surface area contributed by atoms with Gasteiger partial charge in [-0.05, 0) is 44.2 Å². The average molecular weight is 341 g/mol. The van der Waals surface area contributed by atoms with Gasteiger partial charge in [-0.2, -0.15) is 4.99 Å². The maximum Gasteiger partial charge on any atom is 0.280 e. The van der Waals surface area contributed by atoms with Crippen LogP contribution in [-0.2, 0) is 0 Å². The first-order valence-corrected chi connectivity index (χ1v) is 9.89. The van der Waals surface area contributed by atoms with Crippen LogP contribution < -0.4 is 5.73 Å². The predicted molar refractivity (Wildman–Crippen MR) is 103 cm³/mol. The van der Waals surface area contributed by atoms with E-state index < -0.39 is 0 Å². The Balaban J connectivity index is 1.83. The number of carbonyl (C=O) groups is 1. The number of guanidine groups is 1. The molecule has 0 aliphatic heterocycles. The standard InChI is InChI=1S/C21H31N3O/c1-16-10-8-9-15-19(16)20(25)23-21(22)24(17-11-4-2-5-12-17)18-13-6-3-7-14-18/h8-10,15,17-18H,2-7,11-14H2,1H3,(H2,22,23,25). The molecule has 0 saturated heterocycles. The van der Waals surface area contributed by atoms with Crippen LogP contribution in [0.2, 0.25) is 0 Å². The van der Waals surface area contributed by atoms with Crippen LogP contribution in [0.4, 0.5) is 0 Å². The van der Waals surface area contributed by atoms with Gasteiger partial charge < -0.3 is 10.6 Å². The van der Waals surface area contributed by atoms with Crippen molar-refractivity contribution < 1.29 is 4.79 Å². The van der Waals surface area contributed by atoms with Crippen molar-refractivity contribution in [3.63, 3.8) is 0 Å². The van der Waals surface area contributed by atoms with Crippen molar-refractivity contribution in [2.45, 2.75) is 83.2 Å². The van der Waals surface area contributed by atoms with Gasteiger partial charge in [0.1, 0.15) is 0 Å². The molecule has 2 N–H and O–H groups in total. The molecule has 25 heavy (non-hydrogen) atoms. The molecule has 0 radical (unpaired) electrons. The number of carbonyl (C=O) groups excluding carboxylic acids is 1. The van der Waals surface area contributed by atoms with Crippen LogP contribution in [0, 0.1) is 6.92 Å². The molecule has 2 saturated carbocycles. The zero-order chi connectivity index (χ0) is 17.6. The second-order valence-corrected chi connectivity index (χ2v) is 7.58. The molecule has 136 valence electrons. The first kappa shape index (κ1) is 18.0. The fraction of sp³-hybridized carbons (Fsp3) is 0.619. The third-order valence-corrected chi connectivity index (χ3v) is 5.79. The first-order chi connectivity index (χ1) is 12.2. The van der Waals surface area contributed by atoms with E-state index in [4.69, 9.17) is 5.73 Å². The van der Waals surface area contributed by atoms with E-state index in [0.29, 0.717) is 23.6 Å². The Hall–Kier alpha value is -1.84. The predicted octanol–water partition coefficient (Wildman–Crippen LogP) is 4.42. The minimum Gasteiger partial charge on any atom is -0.369 e. The van der Waals surface area contributed by atoms with E-state index in [2.05, 4.69) is 9.89 Å². The number of aliphatic imine (C=N–C) groups is 1. The molecular weight excluding hydrogens is 310 g/mol. The lowest BCUT2D eigenvalue weighted by Crippen LogP contribution is -2.52. The van der Waals surface area contributed by atoms with Gasteiger partial charge in [-0.1, -0.05) is 56.7 Å². The van der Waals surface area contributed by atoms with E-state index in [1.807, 2.05) is 31.2 Å². The number of benzene rings is 1. The van der Waals surface area contributed by atoms with E-state index >= 15 is 0 Å². The summed E-state index contributed by atoms with van der Waals surface area (Å²) in [5, 5.41) is 0. The third-order valence-electron chi connectivity index (χ3n) is 5.79. The van der Waals surface area contributed by atoms with Crippen molar-refractivity contribution in [2.75, 3.05) is 0 Å². The Morgan fingerprint density at radius 2 is 1.48 bits per heavy atom. The van der Waals surface area contributed by atoms with E-state index in [1.54, 1.807) is 0 Å². The molecule has 2 fully saturated rings. The van der Waals surface area contributed by atoms with Crippen molar-refractivity contribution in [1.29, 1.82) is 0 Å². The number of amides is 1. The van der Waals surface area contributed by atoms with Crippen LogP contribution in [-0.4, -0.2) is 28.9 Å². The van der Waals surface area contributed by atoms with Crippen LogP contribution in [0.5, 0.6) is 0 Å². The zero-order valence-corrected chi connectivity index (χ0v) is 15.4. The molecule has 4 nitrogen and oxygen atoms in total. The Morgan fingerprint density at radius 3 is 2.00 bits per heavy atom. The first-order valence-electron chi connectivity index (χ1n) is 9.89. The average Bonchev–Trinajstić information content (AvgIpc) is 2.64. The number of aryl methyl sites for hydroxylation is 1. The van der Waals surface area contributed by atoms with Gasteiger partial charge in [0.25, 0.3) is 5.91 Å². The number of nitrogens with zero attached hydrogens (tertiary/aromatic N) is 2. The molecule has 0 atom stereocenters. The van der Waals surface area contributed by atoms with Gasteiger partial charge in [-0.3, -0.25) is 4.79 Å². The fourth-order valence-corrected chi connectivity index (χ4v) is 4.43. The van der Waals surface area contributed by atoms with Gasteiger partial charge in [-0.25, -0.2) is 0 Å². The topological polar surface area (TPSA) is 58.7 Å². The van der Waals surface area contributed by atoms with Gasteiger partial charge in [0.05, 0.1) is 0 Å². The SMILES string of the molecule is Cc1ccccc1C(=O)N=C(N)N(C1CCCCC1)C1CCCCC1. The summed E-state index contributed by atoms with van der Waals surface area (Å²) >= 11 is 0. The van der Waals surface area contributed by atoms with Crippen LogP contribution in [0.3, 0.4) is 0 Å². The normalized spacial score (nSPS) is 20.4. The highest BCUT2D eigenvalue weighted by Crippen LogP contribution is 2.30. The molecule has 0 aromatic heterocycles. The molecule has 1 aromatic rings. The van der Waals surface area contributed by atoms with E-state index in [1.165, 1.54) is 64.2 Å². The second kappa shape index (κ2) is 8.50. The Bertz CT molecular complexity index is 595. The molecule has 2 aliphatic carbocycles. The minimum absolute atomic E-state index is 0.216. The molecule has 0 unspecified atom stereocenters. The summed E-state index contributed by atoms with van der Waals surface area (Å²) < 4.78 is 0. The summed E-state index contributed by atoms with van der Waals surface area (Å²) in [7, 11) is 0. The van der Waals surface area contributed by atoms with Crippen LogP contribution >= 0.6 is 0 Å². The zero-order valence-electron chi connectivity index (χ0n) is 15.4. The molecule has 1 amide bonds. The summed E-state index contributed by atoms with van der Waals surface area (Å²) in [6, 6.07) is 8.50. The maximum atomic E-state index is 12.7. The number of rotatable bonds is 3. The van der Waals surface area contributed by atoms with Crippen LogP contribution in [0.25, 0.3) is 0 Å². The monoisotopic (exact) mass is 341 g/mol. The Labute approximate surface area is 151 Å². The van der Waals surface area contributed by atoms with Gasteiger partial charge in [-0.15, -0.1) is 0 Å². The molecule has 4 heteroatoms. The molecule has 1 aromatic carbocycles. The highest BCUT2D eigenvalue weighted by molar-refractivity contribution is 6.03. The van der Waals surface area contributed by atoms with Crippen LogP contribution in [0.15, 0.2) is 29.3 Å². The summed E-state index contributed by atoms with van der Waals surface area (Å²) in [5.41, 5.74) is 8.02. The van der Waals surface area contributed by atoms with Crippen molar-refractivity contribution in [2.24, 2.45) is 10.7 Å².